The van der Waals surface area contributed by atoms with Crippen molar-refractivity contribution in [3.63, 3.8) is 0 Å². The Kier molecular flexibility index (Phi) is 5.32. The van der Waals surface area contributed by atoms with Gasteiger partial charge in [-0.25, -0.2) is 0 Å². The van der Waals surface area contributed by atoms with E-state index in [9.17, 15) is 0 Å². The Morgan fingerprint density at radius 2 is 2.00 bits per heavy atom. The molecule has 0 aliphatic carbocycles. The molecule has 0 aliphatic heterocycles. The maximum atomic E-state index is 5.48. The molecule has 0 heterocycles. The van der Waals surface area contributed by atoms with Crippen LogP contribution < -0.4 is 11.3 Å². The quantitative estimate of drug-likeness (QED) is 0.550. The fourth-order valence-corrected chi connectivity index (χ4v) is 1.58. The minimum atomic E-state index is 0.138. The van der Waals surface area contributed by atoms with Crippen LogP contribution in [0.25, 0.3) is 0 Å². The molecule has 3 heteroatoms. The van der Waals surface area contributed by atoms with Gasteiger partial charge in [-0.3, -0.25) is 11.3 Å². The molecule has 0 radical (unpaired) electrons. The average Bonchev–Trinajstić information content (AvgIpc) is 2.31. The molecule has 1 aromatic rings. The van der Waals surface area contributed by atoms with E-state index in [4.69, 9.17) is 10.6 Å². The number of nitrogens with two attached hydrogens (primary N) is 1. The third kappa shape index (κ3) is 4.00. The second-order valence-electron chi connectivity index (χ2n) is 3.74. The van der Waals surface area contributed by atoms with Crippen LogP contribution in [-0.2, 0) is 11.2 Å². The molecular weight excluding hydrogens is 188 g/mol. The zero-order valence-electron chi connectivity index (χ0n) is 9.44. The van der Waals surface area contributed by atoms with Crippen LogP contribution in [0.1, 0.15) is 18.9 Å². The predicted molar refractivity (Wildman–Crippen MR) is 62.3 cm³/mol. The van der Waals surface area contributed by atoms with Gasteiger partial charge in [-0.15, -0.1) is 0 Å². The van der Waals surface area contributed by atoms with Gasteiger partial charge in [0.1, 0.15) is 0 Å². The largest absolute Gasteiger partial charge is 0.380 e. The molecule has 0 amide bonds. The Hall–Kier alpha value is -0.900. The highest BCUT2D eigenvalue weighted by Gasteiger charge is 2.14. The van der Waals surface area contributed by atoms with E-state index in [1.165, 1.54) is 5.56 Å². The van der Waals surface area contributed by atoms with Crippen molar-refractivity contribution in [1.82, 2.24) is 5.43 Å². The van der Waals surface area contributed by atoms with E-state index in [0.717, 1.165) is 12.8 Å². The highest BCUT2D eigenvalue weighted by molar-refractivity contribution is 5.14. The van der Waals surface area contributed by atoms with Gasteiger partial charge in [-0.1, -0.05) is 30.3 Å². The molecule has 0 aromatic heterocycles. The van der Waals surface area contributed by atoms with E-state index in [2.05, 4.69) is 29.7 Å². The van der Waals surface area contributed by atoms with Crippen molar-refractivity contribution in [2.45, 2.75) is 31.9 Å². The van der Waals surface area contributed by atoms with Gasteiger partial charge in [0.15, 0.2) is 0 Å². The SMILES string of the molecule is COC(C)C(CCc1ccccc1)NN. The van der Waals surface area contributed by atoms with E-state index in [0.29, 0.717) is 0 Å². The number of hydrazine groups is 1. The van der Waals surface area contributed by atoms with Crippen LogP contribution in [0.3, 0.4) is 0 Å². The lowest BCUT2D eigenvalue weighted by Crippen LogP contribution is -2.43. The summed E-state index contributed by atoms with van der Waals surface area (Å²) < 4.78 is 5.25. The Morgan fingerprint density at radius 1 is 1.33 bits per heavy atom. The van der Waals surface area contributed by atoms with Crippen molar-refractivity contribution >= 4 is 0 Å². The molecule has 15 heavy (non-hydrogen) atoms. The normalized spacial score (nSPS) is 14.9. The summed E-state index contributed by atoms with van der Waals surface area (Å²) in [6.45, 7) is 2.02. The Morgan fingerprint density at radius 3 is 2.53 bits per heavy atom. The van der Waals surface area contributed by atoms with Crippen molar-refractivity contribution in [1.29, 1.82) is 0 Å². The van der Waals surface area contributed by atoms with Crippen molar-refractivity contribution < 1.29 is 4.74 Å². The second kappa shape index (κ2) is 6.56. The first kappa shape index (κ1) is 12.2. The van der Waals surface area contributed by atoms with Crippen molar-refractivity contribution in [3.05, 3.63) is 35.9 Å². The molecule has 1 aromatic carbocycles. The van der Waals surface area contributed by atoms with E-state index in [1.54, 1.807) is 7.11 Å². The molecule has 0 saturated carbocycles. The van der Waals surface area contributed by atoms with E-state index >= 15 is 0 Å². The lowest BCUT2D eigenvalue weighted by atomic mass is 10.0. The van der Waals surface area contributed by atoms with Gasteiger partial charge in [-0.05, 0) is 25.3 Å². The zero-order valence-corrected chi connectivity index (χ0v) is 9.44. The first-order valence-corrected chi connectivity index (χ1v) is 5.30. The molecule has 2 atom stereocenters. The number of nitrogens with one attached hydrogen (secondary N) is 1. The van der Waals surface area contributed by atoms with Crippen LogP contribution in [0.5, 0.6) is 0 Å². The Bertz CT molecular complexity index is 264. The molecule has 0 spiro atoms. The summed E-state index contributed by atoms with van der Waals surface area (Å²) in [4.78, 5) is 0. The summed E-state index contributed by atoms with van der Waals surface area (Å²) >= 11 is 0. The molecule has 3 nitrogen and oxygen atoms in total. The molecule has 0 aliphatic rings. The average molecular weight is 208 g/mol. The summed E-state index contributed by atoms with van der Waals surface area (Å²) in [6.07, 6.45) is 2.14. The summed E-state index contributed by atoms with van der Waals surface area (Å²) in [5, 5.41) is 0. The summed E-state index contributed by atoms with van der Waals surface area (Å²) in [7, 11) is 1.71. The van der Waals surface area contributed by atoms with Crippen molar-refractivity contribution in [2.24, 2.45) is 5.84 Å². The van der Waals surface area contributed by atoms with E-state index < -0.39 is 0 Å². The van der Waals surface area contributed by atoms with Gasteiger partial charge in [0.2, 0.25) is 0 Å². The third-order valence-corrected chi connectivity index (χ3v) is 2.74. The minimum absolute atomic E-state index is 0.138. The smallest absolute Gasteiger partial charge is 0.0709 e. The van der Waals surface area contributed by atoms with Gasteiger partial charge in [-0.2, -0.15) is 0 Å². The van der Waals surface area contributed by atoms with Crippen LogP contribution in [-0.4, -0.2) is 19.3 Å². The third-order valence-electron chi connectivity index (χ3n) is 2.74. The first-order valence-electron chi connectivity index (χ1n) is 5.30. The van der Waals surface area contributed by atoms with E-state index in [-0.39, 0.29) is 12.1 Å². The number of aryl methyl sites for hydroxylation is 1. The number of ether oxygens (including phenoxy) is 1. The molecule has 0 fully saturated rings. The van der Waals surface area contributed by atoms with Gasteiger partial charge in [0, 0.05) is 13.2 Å². The highest BCUT2D eigenvalue weighted by atomic mass is 16.5. The van der Waals surface area contributed by atoms with E-state index in [1.807, 2.05) is 13.0 Å². The fourth-order valence-electron chi connectivity index (χ4n) is 1.58. The number of hydrogen-bond donors (Lipinski definition) is 2. The van der Waals surface area contributed by atoms with Crippen molar-refractivity contribution in [2.75, 3.05) is 7.11 Å². The maximum Gasteiger partial charge on any atom is 0.0709 e. The van der Waals surface area contributed by atoms with Gasteiger partial charge in [0.25, 0.3) is 0 Å². The monoisotopic (exact) mass is 208 g/mol. The standard InChI is InChI=1S/C12H20N2O/c1-10(15-2)12(14-13)9-8-11-6-4-3-5-7-11/h3-7,10,12,14H,8-9,13H2,1-2H3. The Labute approximate surface area is 91.6 Å². The van der Waals surface area contributed by atoms with Crippen LogP contribution in [0.4, 0.5) is 0 Å². The predicted octanol–water partition coefficient (Wildman–Crippen LogP) is 1.49. The highest BCUT2D eigenvalue weighted by Crippen LogP contribution is 2.08. The minimum Gasteiger partial charge on any atom is -0.380 e. The van der Waals surface area contributed by atoms with Crippen LogP contribution >= 0.6 is 0 Å². The maximum absolute atomic E-state index is 5.48. The van der Waals surface area contributed by atoms with Crippen LogP contribution in [0.2, 0.25) is 0 Å². The molecule has 0 saturated heterocycles. The molecule has 0 bridgehead atoms. The van der Waals surface area contributed by atoms with Crippen LogP contribution in [0, 0.1) is 0 Å². The Balaban J connectivity index is 2.41. The molecule has 3 N–H and O–H groups in total. The lowest BCUT2D eigenvalue weighted by molar-refractivity contribution is 0.0802. The zero-order chi connectivity index (χ0) is 11.1. The number of hydrogen-bond acceptors (Lipinski definition) is 3. The molecular formula is C12H20N2O. The van der Waals surface area contributed by atoms with Crippen molar-refractivity contribution in [3.8, 4) is 0 Å². The molecule has 2 unspecified atom stereocenters. The first-order chi connectivity index (χ1) is 7.27. The number of benzene rings is 1. The van der Waals surface area contributed by atoms with Gasteiger partial charge in [0.05, 0.1) is 6.10 Å². The van der Waals surface area contributed by atoms with Gasteiger partial charge >= 0.3 is 0 Å². The number of rotatable bonds is 6. The number of methoxy groups -OCH3 is 1. The van der Waals surface area contributed by atoms with Crippen LogP contribution in [0.15, 0.2) is 30.3 Å². The summed E-state index contributed by atoms with van der Waals surface area (Å²) in [6, 6.07) is 10.6. The topological polar surface area (TPSA) is 47.3 Å². The summed E-state index contributed by atoms with van der Waals surface area (Å²) in [5.74, 6) is 5.48. The van der Waals surface area contributed by atoms with Gasteiger partial charge < -0.3 is 4.74 Å². The molecule has 1 rings (SSSR count). The second-order valence-corrected chi connectivity index (χ2v) is 3.74. The summed E-state index contributed by atoms with van der Waals surface area (Å²) in [5.41, 5.74) is 4.13. The molecule has 84 valence electrons. The fraction of sp³-hybridized carbons (Fsp3) is 0.500. The lowest BCUT2D eigenvalue weighted by Gasteiger charge is -2.21.